The van der Waals surface area contributed by atoms with Crippen LogP contribution in [0.25, 0.3) is 0 Å². The summed E-state index contributed by atoms with van der Waals surface area (Å²) in [6.45, 7) is 3.58. The fourth-order valence-corrected chi connectivity index (χ4v) is 3.51. The molecule has 7 nitrogen and oxygen atoms in total. The highest BCUT2D eigenvalue weighted by molar-refractivity contribution is 9.10. The first-order valence-electron chi connectivity index (χ1n) is 8.05. The third-order valence-electron chi connectivity index (χ3n) is 3.39. The van der Waals surface area contributed by atoms with Gasteiger partial charge < -0.3 is 9.47 Å². The van der Waals surface area contributed by atoms with Crippen molar-refractivity contribution in [1.82, 2.24) is 0 Å². The summed E-state index contributed by atoms with van der Waals surface area (Å²) in [5.74, 6) is -1.33. The van der Waals surface area contributed by atoms with Crippen LogP contribution in [0.4, 0.5) is 5.69 Å². The van der Waals surface area contributed by atoms with Gasteiger partial charge in [-0.05, 0) is 56.3 Å². The van der Waals surface area contributed by atoms with Crippen molar-refractivity contribution in [2.75, 3.05) is 17.9 Å². The predicted octanol–water partition coefficient (Wildman–Crippen LogP) is 3.60. The smallest absolute Gasteiger partial charge is 0.340 e. The van der Waals surface area contributed by atoms with Crippen molar-refractivity contribution < 1.29 is 27.5 Å². The average Bonchev–Trinajstić information content (AvgIpc) is 2.62. The summed E-state index contributed by atoms with van der Waals surface area (Å²) in [5, 5.41) is 0. The topological polar surface area (TPSA) is 98.8 Å². The number of anilines is 1. The van der Waals surface area contributed by atoms with Gasteiger partial charge in [-0.25, -0.2) is 18.0 Å². The van der Waals surface area contributed by atoms with Crippen LogP contribution in [0, 0.1) is 0 Å². The van der Waals surface area contributed by atoms with Crippen LogP contribution >= 0.6 is 15.9 Å². The van der Waals surface area contributed by atoms with Crippen molar-refractivity contribution in [3.63, 3.8) is 0 Å². The predicted molar refractivity (Wildman–Crippen MR) is 103 cm³/mol. The van der Waals surface area contributed by atoms with Crippen LogP contribution in [-0.4, -0.2) is 33.6 Å². The van der Waals surface area contributed by atoms with Crippen LogP contribution in [0.1, 0.15) is 34.6 Å². The molecule has 0 aliphatic rings. The molecule has 0 radical (unpaired) electrons. The lowest BCUT2D eigenvalue weighted by molar-refractivity contribution is 0.0512. The molecule has 0 saturated carbocycles. The lowest BCUT2D eigenvalue weighted by atomic mass is 10.1. The molecule has 2 rings (SSSR count). The molecule has 0 unspecified atom stereocenters. The lowest BCUT2D eigenvalue weighted by Crippen LogP contribution is -2.17. The quantitative estimate of drug-likeness (QED) is 0.640. The molecule has 0 spiro atoms. The highest BCUT2D eigenvalue weighted by Crippen LogP contribution is 2.24. The molecule has 9 heteroatoms. The van der Waals surface area contributed by atoms with Gasteiger partial charge in [-0.2, -0.15) is 0 Å². The summed E-state index contributed by atoms with van der Waals surface area (Å²) in [4.78, 5) is 24.1. The van der Waals surface area contributed by atoms with Gasteiger partial charge in [0.2, 0.25) is 0 Å². The van der Waals surface area contributed by atoms with Crippen molar-refractivity contribution in [3.05, 3.63) is 58.1 Å². The van der Waals surface area contributed by atoms with Crippen LogP contribution in [-0.2, 0) is 19.5 Å². The molecule has 0 atom stereocenters. The number of hydrogen-bond acceptors (Lipinski definition) is 6. The van der Waals surface area contributed by atoms with Crippen molar-refractivity contribution >= 4 is 43.6 Å². The fourth-order valence-electron chi connectivity index (χ4n) is 2.17. The van der Waals surface area contributed by atoms with Crippen LogP contribution < -0.4 is 4.72 Å². The number of nitrogens with one attached hydrogen (secondary N) is 1. The largest absolute Gasteiger partial charge is 0.462 e. The second-order valence-corrected chi connectivity index (χ2v) is 7.86. The van der Waals surface area contributed by atoms with E-state index in [0.717, 1.165) is 4.47 Å². The minimum atomic E-state index is -3.99. The number of sulfonamides is 1. The Balaban J connectivity index is 2.47. The van der Waals surface area contributed by atoms with Gasteiger partial charge in [0.25, 0.3) is 10.0 Å². The molecule has 0 aliphatic heterocycles. The first-order valence-corrected chi connectivity index (χ1v) is 10.3. The maximum absolute atomic E-state index is 12.7. The minimum Gasteiger partial charge on any atom is -0.462 e. The first-order chi connectivity index (χ1) is 12.8. The summed E-state index contributed by atoms with van der Waals surface area (Å²) in [7, 11) is -3.99. The average molecular weight is 456 g/mol. The van der Waals surface area contributed by atoms with Gasteiger partial charge >= 0.3 is 11.9 Å². The zero-order valence-corrected chi connectivity index (χ0v) is 17.1. The van der Waals surface area contributed by atoms with E-state index >= 15 is 0 Å². The van der Waals surface area contributed by atoms with Gasteiger partial charge in [-0.1, -0.05) is 15.9 Å². The molecular formula is C18H18BrNO6S. The van der Waals surface area contributed by atoms with Crippen LogP contribution in [0.2, 0.25) is 0 Å². The summed E-state index contributed by atoms with van der Waals surface area (Å²) in [6, 6.07) is 9.93. The SMILES string of the molecule is CCOC(=O)c1ccc(C(=O)OCC)c(NS(=O)(=O)c2ccc(Br)cc2)c1. The van der Waals surface area contributed by atoms with Crippen LogP contribution in [0.3, 0.4) is 0 Å². The van der Waals surface area contributed by atoms with E-state index in [1.54, 1.807) is 26.0 Å². The minimum absolute atomic E-state index is 0.00190. The Morgan fingerprint density at radius 2 is 1.56 bits per heavy atom. The van der Waals surface area contributed by atoms with Crippen molar-refractivity contribution in [2.24, 2.45) is 0 Å². The molecular weight excluding hydrogens is 438 g/mol. The molecule has 27 heavy (non-hydrogen) atoms. The number of carbonyl (C=O) groups excluding carboxylic acids is 2. The van der Waals surface area contributed by atoms with Crippen molar-refractivity contribution in [2.45, 2.75) is 18.7 Å². The zero-order chi connectivity index (χ0) is 20.0. The Hall–Kier alpha value is -2.39. The molecule has 0 bridgehead atoms. The Bertz CT molecular complexity index is 941. The number of halogens is 1. The van der Waals surface area contributed by atoms with Crippen LogP contribution in [0.5, 0.6) is 0 Å². The zero-order valence-electron chi connectivity index (χ0n) is 14.7. The Morgan fingerprint density at radius 1 is 0.963 bits per heavy atom. The number of hydrogen-bond donors (Lipinski definition) is 1. The third-order valence-corrected chi connectivity index (χ3v) is 5.30. The molecule has 0 fully saturated rings. The van der Waals surface area contributed by atoms with Gasteiger partial charge in [0.1, 0.15) is 0 Å². The van der Waals surface area contributed by atoms with Crippen molar-refractivity contribution in [3.8, 4) is 0 Å². The number of benzene rings is 2. The second-order valence-electron chi connectivity index (χ2n) is 5.26. The molecule has 2 aromatic rings. The number of carbonyl (C=O) groups is 2. The van der Waals surface area contributed by atoms with E-state index in [0.29, 0.717) is 0 Å². The summed E-state index contributed by atoms with van der Waals surface area (Å²) in [5.41, 5.74) is 0.0333. The Morgan fingerprint density at radius 3 is 2.15 bits per heavy atom. The monoisotopic (exact) mass is 455 g/mol. The highest BCUT2D eigenvalue weighted by atomic mass is 79.9. The van der Waals surface area contributed by atoms with Gasteiger partial charge in [0.15, 0.2) is 0 Å². The van der Waals surface area contributed by atoms with E-state index in [9.17, 15) is 18.0 Å². The van der Waals surface area contributed by atoms with E-state index < -0.39 is 22.0 Å². The molecule has 0 aromatic heterocycles. The first kappa shape index (κ1) is 20.9. The molecule has 0 saturated heterocycles. The Labute approximate surface area is 165 Å². The standard InChI is InChI=1S/C18H18BrNO6S/c1-3-25-17(21)12-5-10-15(18(22)26-4-2)16(11-12)20-27(23,24)14-8-6-13(19)7-9-14/h5-11,20H,3-4H2,1-2H3. The van der Waals surface area contributed by atoms with E-state index in [2.05, 4.69) is 20.7 Å². The summed E-state index contributed by atoms with van der Waals surface area (Å²) in [6.07, 6.45) is 0. The van der Waals surface area contributed by atoms with E-state index in [-0.39, 0.29) is 34.9 Å². The summed E-state index contributed by atoms with van der Waals surface area (Å²) >= 11 is 3.24. The molecule has 2 aromatic carbocycles. The second kappa shape index (κ2) is 9.01. The van der Waals surface area contributed by atoms with Crippen LogP contribution in [0.15, 0.2) is 51.8 Å². The maximum Gasteiger partial charge on any atom is 0.340 e. The van der Waals surface area contributed by atoms with Gasteiger partial charge in [0.05, 0.1) is 34.9 Å². The number of esters is 2. The number of ether oxygens (including phenoxy) is 2. The number of rotatable bonds is 7. The van der Waals surface area contributed by atoms with E-state index in [4.69, 9.17) is 9.47 Å². The molecule has 0 amide bonds. The lowest BCUT2D eigenvalue weighted by Gasteiger charge is -2.13. The van der Waals surface area contributed by atoms with Gasteiger partial charge in [-0.3, -0.25) is 4.72 Å². The molecule has 0 heterocycles. The van der Waals surface area contributed by atoms with Crippen molar-refractivity contribution in [1.29, 1.82) is 0 Å². The fraction of sp³-hybridized carbons (Fsp3) is 0.222. The molecule has 144 valence electrons. The molecule has 0 aliphatic carbocycles. The normalized spacial score (nSPS) is 10.9. The third kappa shape index (κ3) is 5.30. The maximum atomic E-state index is 12.7. The Kier molecular flexibility index (Phi) is 6.98. The highest BCUT2D eigenvalue weighted by Gasteiger charge is 2.21. The molecule has 1 N–H and O–H groups in total. The van der Waals surface area contributed by atoms with E-state index in [1.807, 2.05) is 0 Å². The van der Waals surface area contributed by atoms with Gasteiger partial charge in [-0.15, -0.1) is 0 Å². The van der Waals surface area contributed by atoms with Gasteiger partial charge in [0, 0.05) is 4.47 Å². The summed E-state index contributed by atoms with van der Waals surface area (Å²) < 4.78 is 38.3. The van der Waals surface area contributed by atoms with E-state index in [1.165, 1.54) is 30.3 Å².